The van der Waals surface area contributed by atoms with Crippen LogP contribution in [-0.4, -0.2) is 31.5 Å². The summed E-state index contributed by atoms with van der Waals surface area (Å²) in [6.07, 6.45) is 6.23. The smallest absolute Gasteiger partial charge is 0.264 e. The van der Waals surface area contributed by atoms with Crippen LogP contribution in [0, 0.1) is 0 Å². The standard InChI is InChI=1S/C29H26N4O4S2/c1-37-27-10-6-5-7-23(27)11-16-28(34)32-29(38)31-24-12-14-26(15-13-24)39(35,36)33(25-8-3-2-4-9-25)21-22-17-19-30-20-18-22/h2-20H,21H2,1H3,(H2,31,32,34,38)/b16-11+. The number of aromatic nitrogens is 1. The minimum atomic E-state index is -3.89. The van der Waals surface area contributed by atoms with Crippen molar-refractivity contribution in [1.29, 1.82) is 0 Å². The van der Waals surface area contributed by atoms with Crippen LogP contribution in [0.2, 0.25) is 0 Å². The summed E-state index contributed by atoms with van der Waals surface area (Å²) in [6, 6.07) is 25.9. The maximum atomic E-state index is 13.6. The Labute approximate surface area is 233 Å². The second kappa shape index (κ2) is 12.8. The Balaban J connectivity index is 1.44. The van der Waals surface area contributed by atoms with Gasteiger partial charge in [-0.15, -0.1) is 0 Å². The Morgan fingerprint density at radius 2 is 1.62 bits per heavy atom. The van der Waals surface area contributed by atoms with Crippen LogP contribution in [0.5, 0.6) is 5.75 Å². The molecule has 1 heterocycles. The molecule has 0 spiro atoms. The van der Waals surface area contributed by atoms with Crippen molar-refractivity contribution < 1.29 is 17.9 Å². The van der Waals surface area contributed by atoms with Crippen LogP contribution in [0.25, 0.3) is 6.08 Å². The number of nitrogens with zero attached hydrogens (tertiary/aromatic N) is 2. The van der Waals surface area contributed by atoms with Gasteiger partial charge in [-0.1, -0.05) is 36.4 Å². The van der Waals surface area contributed by atoms with Gasteiger partial charge in [-0.2, -0.15) is 0 Å². The van der Waals surface area contributed by atoms with Gasteiger partial charge < -0.3 is 10.1 Å². The molecule has 0 aliphatic rings. The highest BCUT2D eigenvalue weighted by Crippen LogP contribution is 2.26. The zero-order chi connectivity index (χ0) is 27.7. The molecule has 0 bridgehead atoms. The molecule has 0 aliphatic heterocycles. The Bertz CT molecular complexity index is 1560. The first kappa shape index (κ1) is 27.5. The number of carbonyl (C=O) groups excluding carboxylic acids is 1. The number of hydrogen-bond donors (Lipinski definition) is 2. The average molecular weight is 559 g/mol. The third kappa shape index (κ3) is 7.28. The van der Waals surface area contributed by atoms with Gasteiger partial charge in [0.2, 0.25) is 5.91 Å². The van der Waals surface area contributed by atoms with E-state index in [4.69, 9.17) is 17.0 Å². The summed E-state index contributed by atoms with van der Waals surface area (Å²) in [5.74, 6) is 0.219. The van der Waals surface area contributed by atoms with Crippen LogP contribution in [0.4, 0.5) is 11.4 Å². The molecule has 0 saturated heterocycles. The summed E-state index contributed by atoms with van der Waals surface area (Å²) in [6.45, 7) is 0.146. The second-order valence-corrected chi connectivity index (χ2v) is 10.5. The Hall–Kier alpha value is -4.54. The van der Waals surface area contributed by atoms with E-state index in [1.54, 1.807) is 80.2 Å². The number of pyridine rings is 1. The fourth-order valence-electron chi connectivity index (χ4n) is 3.69. The Kier molecular flexibility index (Phi) is 9.03. The Morgan fingerprint density at radius 1 is 0.949 bits per heavy atom. The van der Waals surface area contributed by atoms with Crippen molar-refractivity contribution in [2.24, 2.45) is 0 Å². The molecule has 3 aromatic carbocycles. The van der Waals surface area contributed by atoms with Gasteiger partial charge in [-0.3, -0.25) is 19.4 Å². The SMILES string of the molecule is COc1ccccc1/C=C/C(=O)NC(=S)Nc1ccc(S(=O)(=O)N(Cc2ccncc2)c2ccccc2)cc1. The number of sulfonamides is 1. The van der Waals surface area contributed by atoms with Gasteiger partial charge in [0.1, 0.15) is 5.75 Å². The lowest BCUT2D eigenvalue weighted by Crippen LogP contribution is -2.33. The van der Waals surface area contributed by atoms with E-state index in [0.29, 0.717) is 17.1 Å². The van der Waals surface area contributed by atoms with Gasteiger partial charge in [0.15, 0.2) is 5.11 Å². The summed E-state index contributed by atoms with van der Waals surface area (Å²) >= 11 is 5.24. The van der Waals surface area contributed by atoms with Gasteiger partial charge in [0.05, 0.1) is 24.2 Å². The summed E-state index contributed by atoms with van der Waals surface area (Å²) in [5.41, 5.74) is 2.62. The Morgan fingerprint density at radius 3 is 2.31 bits per heavy atom. The van der Waals surface area contributed by atoms with Crippen molar-refractivity contribution in [3.05, 3.63) is 121 Å². The molecule has 0 saturated carbocycles. The molecular weight excluding hydrogens is 532 g/mol. The van der Waals surface area contributed by atoms with Crippen molar-refractivity contribution in [2.45, 2.75) is 11.4 Å². The first-order chi connectivity index (χ1) is 18.9. The fraction of sp³-hybridized carbons (Fsp3) is 0.0690. The van der Waals surface area contributed by atoms with E-state index in [2.05, 4.69) is 15.6 Å². The van der Waals surface area contributed by atoms with E-state index in [1.165, 1.54) is 22.5 Å². The number of methoxy groups -OCH3 is 1. The minimum Gasteiger partial charge on any atom is -0.496 e. The lowest BCUT2D eigenvalue weighted by Gasteiger charge is -2.25. The number of nitrogens with one attached hydrogen (secondary N) is 2. The molecule has 0 unspecified atom stereocenters. The van der Waals surface area contributed by atoms with Crippen molar-refractivity contribution in [2.75, 3.05) is 16.7 Å². The summed E-state index contributed by atoms with van der Waals surface area (Å²) in [7, 11) is -2.33. The predicted octanol–water partition coefficient (Wildman–Crippen LogP) is 5.01. The number of ether oxygens (including phenoxy) is 1. The fourth-order valence-corrected chi connectivity index (χ4v) is 5.36. The van der Waals surface area contributed by atoms with E-state index in [1.807, 2.05) is 24.3 Å². The molecule has 1 amide bonds. The number of benzene rings is 3. The molecule has 8 nitrogen and oxygen atoms in total. The largest absolute Gasteiger partial charge is 0.496 e. The third-order valence-electron chi connectivity index (χ3n) is 5.61. The number of amides is 1. The average Bonchev–Trinajstić information content (AvgIpc) is 2.96. The van der Waals surface area contributed by atoms with Gasteiger partial charge in [0, 0.05) is 29.7 Å². The molecule has 39 heavy (non-hydrogen) atoms. The van der Waals surface area contributed by atoms with Crippen LogP contribution in [0.3, 0.4) is 0 Å². The maximum absolute atomic E-state index is 13.6. The highest BCUT2D eigenvalue weighted by atomic mass is 32.2. The molecule has 4 rings (SSSR count). The van der Waals surface area contributed by atoms with Crippen molar-refractivity contribution in [3.8, 4) is 5.75 Å². The highest BCUT2D eigenvalue weighted by Gasteiger charge is 2.25. The summed E-state index contributed by atoms with van der Waals surface area (Å²) in [5, 5.41) is 5.54. The summed E-state index contributed by atoms with van der Waals surface area (Å²) in [4.78, 5) is 16.4. The molecule has 10 heteroatoms. The van der Waals surface area contributed by atoms with E-state index >= 15 is 0 Å². The number of hydrogen-bond acceptors (Lipinski definition) is 6. The number of anilines is 2. The van der Waals surface area contributed by atoms with Crippen molar-refractivity contribution in [3.63, 3.8) is 0 Å². The third-order valence-corrected chi connectivity index (χ3v) is 7.60. The molecule has 2 N–H and O–H groups in total. The molecule has 0 fully saturated rings. The van der Waals surface area contributed by atoms with E-state index in [0.717, 1.165) is 11.1 Å². The van der Waals surface area contributed by atoms with E-state index in [9.17, 15) is 13.2 Å². The van der Waals surface area contributed by atoms with Gasteiger partial charge >= 0.3 is 0 Å². The van der Waals surface area contributed by atoms with E-state index in [-0.39, 0.29) is 16.6 Å². The quantitative estimate of drug-likeness (QED) is 0.220. The normalized spacial score (nSPS) is 11.1. The first-order valence-corrected chi connectivity index (χ1v) is 13.7. The van der Waals surface area contributed by atoms with Crippen LogP contribution in [0.1, 0.15) is 11.1 Å². The first-order valence-electron chi connectivity index (χ1n) is 11.9. The van der Waals surface area contributed by atoms with Gasteiger partial charge in [-0.25, -0.2) is 8.42 Å². The second-order valence-electron chi connectivity index (χ2n) is 8.25. The van der Waals surface area contributed by atoms with Crippen molar-refractivity contribution >= 4 is 50.7 Å². The van der Waals surface area contributed by atoms with Crippen LogP contribution < -0.4 is 19.7 Å². The number of rotatable bonds is 9. The molecular formula is C29H26N4O4S2. The minimum absolute atomic E-state index is 0.0730. The molecule has 1 aromatic heterocycles. The lowest BCUT2D eigenvalue weighted by atomic mass is 10.2. The summed E-state index contributed by atoms with van der Waals surface area (Å²) < 4.78 is 33.9. The molecule has 0 aliphatic carbocycles. The van der Waals surface area contributed by atoms with Crippen molar-refractivity contribution in [1.82, 2.24) is 10.3 Å². The monoisotopic (exact) mass is 558 g/mol. The van der Waals surface area contributed by atoms with Crippen LogP contribution in [0.15, 0.2) is 114 Å². The van der Waals surface area contributed by atoms with Crippen LogP contribution in [-0.2, 0) is 21.4 Å². The lowest BCUT2D eigenvalue weighted by molar-refractivity contribution is -0.115. The number of carbonyl (C=O) groups is 1. The van der Waals surface area contributed by atoms with E-state index < -0.39 is 15.9 Å². The molecule has 0 atom stereocenters. The van der Waals surface area contributed by atoms with Gasteiger partial charge in [0.25, 0.3) is 10.0 Å². The van der Waals surface area contributed by atoms with Gasteiger partial charge in [-0.05, 0) is 78.5 Å². The molecule has 4 aromatic rings. The zero-order valence-electron chi connectivity index (χ0n) is 21.0. The van der Waals surface area contributed by atoms with Crippen LogP contribution >= 0.6 is 12.2 Å². The predicted molar refractivity (Wildman–Crippen MR) is 157 cm³/mol. The topological polar surface area (TPSA) is 101 Å². The number of thiocarbonyl (C=S) groups is 1. The zero-order valence-corrected chi connectivity index (χ0v) is 22.7. The molecule has 0 radical (unpaired) electrons. The highest BCUT2D eigenvalue weighted by molar-refractivity contribution is 7.92. The maximum Gasteiger partial charge on any atom is 0.264 e. The molecule has 198 valence electrons. The number of para-hydroxylation sites is 2.